The van der Waals surface area contributed by atoms with E-state index in [1.165, 1.54) is 44.6 Å². The highest BCUT2D eigenvalue weighted by Crippen LogP contribution is 1.96. The number of unbranched alkanes of at least 4 members (excludes halogenated alkanes) is 1. The van der Waals surface area contributed by atoms with E-state index in [2.05, 4.69) is 30.3 Å². The van der Waals surface area contributed by atoms with Crippen LogP contribution in [0.3, 0.4) is 0 Å². The smallest absolute Gasteiger partial charge is 0.0107 e. The van der Waals surface area contributed by atoms with Gasteiger partial charge >= 0.3 is 0 Å². The molecule has 0 heterocycles. The first-order valence-electron chi connectivity index (χ1n) is 6.27. The van der Waals surface area contributed by atoms with Crippen LogP contribution in [0.1, 0.15) is 33.1 Å². The van der Waals surface area contributed by atoms with E-state index in [1.807, 2.05) is 11.8 Å². The van der Waals surface area contributed by atoms with E-state index in [9.17, 15) is 0 Å². The third-order valence-corrected chi connectivity index (χ3v) is 3.07. The summed E-state index contributed by atoms with van der Waals surface area (Å²) in [6, 6.07) is 0. The second-order valence-corrected chi connectivity index (χ2v) is 4.92. The van der Waals surface area contributed by atoms with E-state index in [4.69, 9.17) is 0 Å². The molecule has 0 aliphatic rings. The lowest BCUT2D eigenvalue weighted by atomic mass is 10.3. The Bertz CT molecular complexity index is 120. The van der Waals surface area contributed by atoms with Crippen molar-refractivity contribution in [3.05, 3.63) is 0 Å². The molecule has 0 atom stereocenters. The van der Waals surface area contributed by atoms with Gasteiger partial charge in [0.05, 0.1) is 0 Å². The molecular formula is C12H28N2S. The van der Waals surface area contributed by atoms with Crippen LogP contribution in [0.4, 0.5) is 0 Å². The Morgan fingerprint density at radius 2 is 1.80 bits per heavy atom. The molecule has 0 rings (SSSR count). The van der Waals surface area contributed by atoms with Crippen LogP contribution in [0, 0.1) is 0 Å². The van der Waals surface area contributed by atoms with E-state index < -0.39 is 0 Å². The Labute approximate surface area is 100 Å². The van der Waals surface area contributed by atoms with E-state index in [1.54, 1.807) is 0 Å². The maximum atomic E-state index is 3.49. The van der Waals surface area contributed by atoms with Gasteiger partial charge in [-0.1, -0.05) is 20.3 Å². The van der Waals surface area contributed by atoms with Crippen LogP contribution in [-0.2, 0) is 0 Å². The fourth-order valence-electron chi connectivity index (χ4n) is 1.57. The summed E-state index contributed by atoms with van der Waals surface area (Å²) in [5.41, 5.74) is 0. The van der Waals surface area contributed by atoms with Crippen LogP contribution in [0.25, 0.3) is 0 Å². The highest BCUT2D eigenvalue weighted by molar-refractivity contribution is 7.98. The lowest BCUT2D eigenvalue weighted by molar-refractivity contribution is 0.270. The van der Waals surface area contributed by atoms with Gasteiger partial charge in [0, 0.05) is 25.4 Å². The third kappa shape index (κ3) is 10.6. The Morgan fingerprint density at radius 1 is 1.00 bits per heavy atom. The number of hydrogen-bond acceptors (Lipinski definition) is 3. The third-order valence-electron chi connectivity index (χ3n) is 2.46. The summed E-state index contributed by atoms with van der Waals surface area (Å²) in [5.74, 6) is 1.22. The molecule has 92 valence electrons. The standard InChI is InChI=1S/C12H28N2S/c1-4-6-10-14(9-5-2)11-7-13-8-12-15-3/h13H,4-12H2,1-3H3. The minimum Gasteiger partial charge on any atom is -0.315 e. The minimum atomic E-state index is 1.14. The van der Waals surface area contributed by atoms with Gasteiger partial charge in [-0.2, -0.15) is 11.8 Å². The molecule has 15 heavy (non-hydrogen) atoms. The monoisotopic (exact) mass is 232 g/mol. The van der Waals surface area contributed by atoms with Crippen molar-refractivity contribution in [2.24, 2.45) is 0 Å². The zero-order valence-electron chi connectivity index (χ0n) is 10.7. The SMILES string of the molecule is CCCCN(CCC)CCNCCSC. The topological polar surface area (TPSA) is 15.3 Å². The quantitative estimate of drug-likeness (QED) is 0.551. The molecule has 0 spiro atoms. The summed E-state index contributed by atoms with van der Waals surface area (Å²) in [6.45, 7) is 10.6. The van der Waals surface area contributed by atoms with Crippen LogP contribution in [0.5, 0.6) is 0 Å². The predicted octanol–water partition coefficient (Wildman–Crippen LogP) is 2.45. The first kappa shape index (κ1) is 15.3. The number of thioether (sulfide) groups is 1. The van der Waals surface area contributed by atoms with Gasteiger partial charge in [-0.05, 0) is 32.2 Å². The van der Waals surface area contributed by atoms with Crippen LogP contribution >= 0.6 is 11.8 Å². The Kier molecular flexibility index (Phi) is 12.6. The fourth-order valence-corrected chi connectivity index (χ4v) is 1.92. The molecule has 0 saturated carbocycles. The largest absolute Gasteiger partial charge is 0.315 e. The van der Waals surface area contributed by atoms with E-state index in [-0.39, 0.29) is 0 Å². The zero-order chi connectivity index (χ0) is 11.4. The molecule has 0 aromatic rings. The van der Waals surface area contributed by atoms with Gasteiger partial charge in [0.15, 0.2) is 0 Å². The van der Waals surface area contributed by atoms with Crippen molar-refractivity contribution < 1.29 is 0 Å². The number of hydrogen-bond donors (Lipinski definition) is 1. The molecule has 0 amide bonds. The second-order valence-electron chi connectivity index (χ2n) is 3.94. The summed E-state index contributed by atoms with van der Waals surface area (Å²) < 4.78 is 0. The number of nitrogens with one attached hydrogen (secondary N) is 1. The summed E-state index contributed by atoms with van der Waals surface area (Å²) in [7, 11) is 0. The van der Waals surface area contributed by atoms with Crippen LogP contribution in [0.2, 0.25) is 0 Å². The van der Waals surface area contributed by atoms with Gasteiger partial charge in [0.2, 0.25) is 0 Å². The van der Waals surface area contributed by atoms with Gasteiger partial charge in [-0.15, -0.1) is 0 Å². The van der Waals surface area contributed by atoms with Crippen molar-refractivity contribution in [3.8, 4) is 0 Å². The molecule has 0 aromatic carbocycles. The summed E-state index contributed by atoms with van der Waals surface area (Å²) in [5, 5.41) is 3.49. The van der Waals surface area contributed by atoms with E-state index in [0.29, 0.717) is 0 Å². The molecule has 0 aromatic heterocycles. The van der Waals surface area contributed by atoms with Crippen LogP contribution < -0.4 is 5.32 Å². The zero-order valence-corrected chi connectivity index (χ0v) is 11.5. The van der Waals surface area contributed by atoms with Gasteiger partial charge in [-0.25, -0.2) is 0 Å². The van der Waals surface area contributed by atoms with Gasteiger partial charge in [-0.3, -0.25) is 0 Å². The molecule has 0 unspecified atom stereocenters. The predicted molar refractivity (Wildman–Crippen MR) is 72.9 cm³/mol. The molecule has 0 aliphatic heterocycles. The molecule has 0 saturated heterocycles. The second kappa shape index (κ2) is 12.3. The van der Waals surface area contributed by atoms with E-state index in [0.717, 1.165) is 13.1 Å². The minimum absolute atomic E-state index is 1.14. The van der Waals surface area contributed by atoms with Crippen molar-refractivity contribution in [2.75, 3.05) is 44.7 Å². The Hall–Kier alpha value is 0.270. The fraction of sp³-hybridized carbons (Fsp3) is 1.00. The Morgan fingerprint density at radius 3 is 2.40 bits per heavy atom. The molecule has 2 nitrogen and oxygen atoms in total. The lowest BCUT2D eigenvalue weighted by Crippen LogP contribution is -2.34. The normalized spacial score (nSPS) is 11.2. The average molecular weight is 232 g/mol. The number of nitrogens with zero attached hydrogens (tertiary/aromatic N) is 1. The van der Waals surface area contributed by atoms with Crippen molar-refractivity contribution in [3.63, 3.8) is 0 Å². The van der Waals surface area contributed by atoms with Gasteiger partial charge in [0.1, 0.15) is 0 Å². The highest BCUT2D eigenvalue weighted by atomic mass is 32.2. The molecule has 0 bridgehead atoms. The average Bonchev–Trinajstić information content (AvgIpc) is 2.25. The molecule has 0 radical (unpaired) electrons. The summed E-state index contributed by atoms with van der Waals surface area (Å²) in [6.07, 6.45) is 6.08. The van der Waals surface area contributed by atoms with Gasteiger partial charge < -0.3 is 10.2 Å². The molecule has 0 aliphatic carbocycles. The summed E-state index contributed by atoms with van der Waals surface area (Å²) in [4.78, 5) is 2.58. The van der Waals surface area contributed by atoms with Crippen molar-refractivity contribution in [1.82, 2.24) is 10.2 Å². The molecular weight excluding hydrogens is 204 g/mol. The summed E-state index contributed by atoms with van der Waals surface area (Å²) >= 11 is 1.91. The van der Waals surface area contributed by atoms with Crippen LogP contribution in [0.15, 0.2) is 0 Å². The van der Waals surface area contributed by atoms with Crippen LogP contribution in [-0.4, -0.2) is 49.6 Å². The van der Waals surface area contributed by atoms with E-state index >= 15 is 0 Å². The maximum Gasteiger partial charge on any atom is 0.0107 e. The van der Waals surface area contributed by atoms with Crippen molar-refractivity contribution in [2.45, 2.75) is 33.1 Å². The van der Waals surface area contributed by atoms with Gasteiger partial charge in [0.25, 0.3) is 0 Å². The number of rotatable bonds is 11. The lowest BCUT2D eigenvalue weighted by Gasteiger charge is -2.21. The van der Waals surface area contributed by atoms with Crippen molar-refractivity contribution in [1.29, 1.82) is 0 Å². The van der Waals surface area contributed by atoms with Crippen molar-refractivity contribution >= 4 is 11.8 Å². The Balaban J connectivity index is 3.38. The highest BCUT2D eigenvalue weighted by Gasteiger charge is 2.01. The molecule has 1 N–H and O–H groups in total. The maximum absolute atomic E-state index is 3.49. The molecule has 3 heteroatoms. The molecule has 0 fully saturated rings. The first-order valence-corrected chi connectivity index (χ1v) is 7.66. The first-order chi connectivity index (χ1) is 7.35.